The van der Waals surface area contributed by atoms with E-state index in [4.69, 9.17) is 5.73 Å². The molecule has 1 saturated carbocycles. The normalized spacial score (nSPS) is 22.8. The van der Waals surface area contributed by atoms with Crippen LogP contribution < -0.4 is 11.1 Å². The van der Waals surface area contributed by atoms with Crippen molar-refractivity contribution in [3.05, 3.63) is 0 Å². The molecule has 1 unspecified atom stereocenters. The first-order chi connectivity index (χ1) is 7.48. The largest absolute Gasteiger partial charge is 0.354 e. The van der Waals surface area contributed by atoms with E-state index >= 15 is 0 Å². The van der Waals surface area contributed by atoms with Gasteiger partial charge in [0.2, 0.25) is 5.91 Å². The predicted molar refractivity (Wildman–Crippen MR) is 67.0 cm³/mol. The Bertz CT molecular complexity index is 234. The molecule has 0 saturated heterocycles. The molecule has 0 heterocycles. The summed E-state index contributed by atoms with van der Waals surface area (Å²) in [6.07, 6.45) is 6.00. The van der Waals surface area contributed by atoms with Crippen LogP contribution in [0.15, 0.2) is 0 Å². The first kappa shape index (κ1) is 13.5. The van der Waals surface area contributed by atoms with Gasteiger partial charge in [0, 0.05) is 6.54 Å². The molecule has 2 atom stereocenters. The minimum absolute atomic E-state index is 0.0162. The van der Waals surface area contributed by atoms with Gasteiger partial charge >= 0.3 is 0 Å². The molecule has 1 fully saturated rings. The zero-order chi connectivity index (χ0) is 12.2. The van der Waals surface area contributed by atoms with Crippen LogP contribution in [0.25, 0.3) is 0 Å². The molecule has 1 rings (SSSR count). The van der Waals surface area contributed by atoms with Gasteiger partial charge in [-0.25, -0.2) is 0 Å². The number of hydrogen-bond acceptors (Lipinski definition) is 2. The Morgan fingerprint density at radius 2 is 2.00 bits per heavy atom. The molecular weight excluding hydrogens is 200 g/mol. The highest BCUT2D eigenvalue weighted by atomic mass is 16.2. The minimum atomic E-state index is -0.352. The Hall–Kier alpha value is -0.570. The van der Waals surface area contributed by atoms with Crippen LogP contribution in [0.5, 0.6) is 0 Å². The first-order valence-corrected chi connectivity index (χ1v) is 6.52. The maximum Gasteiger partial charge on any atom is 0.237 e. The number of carbonyl (C=O) groups excluding carboxylic acids is 1. The van der Waals surface area contributed by atoms with Gasteiger partial charge in [-0.1, -0.05) is 40.0 Å². The number of carbonyl (C=O) groups is 1. The second-order valence-corrected chi connectivity index (χ2v) is 5.65. The first-order valence-electron chi connectivity index (χ1n) is 6.52. The lowest BCUT2D eigenvalue weighted by molar-refractivity contribution is -0.123. The van der Waals surface area contributed by atoms with Crippen LogP contribution in [-0.4, -0.2) is 18.5 Å². The zero-order valence-corrected chi connectivity index (χ0v) is 10.9. The van der Waals surface area contributed by atoms with E-state index in [0.29, 0.717) is 5.41 Å². The van der Waals surface area contributed by atoms with Crippen molar-refractivity contribution in [3.8, 4) is 0 Å². The van der Waals surface area contributed by atoms with Crippen LogP contribution in [0.3, 0.4) is 0 Å². The molecule has 3 N–H and O–H groups in total. The highest BCUT2D eigenvalue weighted by Gasteiger charge is 2.30. The van der Waals surface area contributed by atoms with E-state index in [1.165, 1.54) is 25.7 Å². The summed E-state index contributed by atoms with van der Waals surface area (Å²) in [5.41, 5.74) is 6.20. The Morgan fingerprint density at radius 1 is 1.44 bits per heavy atom. The van der Waals surface area contributed by atoms with Crippen molar-refractivity contribution in [2.75, 3.05) is 6.54 Å². The standard InChI is InChI=1S/C13H26N2O/c1-4-10(2)11(14)12(16)15-9-13(3)7-5-6-8-13/h10-11H,4-9,14H2,1-3H3,(H,15,16)/t10?,11-/m0/s1. The zero-order valence-electron chi connectivity index (χ0n) is 10.9. The van der Waals surface area contributed by atoms with Crippen LogP contribution in [0.4, 0.5) is 0 Å². The molecule has 0 aromatic heterocycles. The third-order valence-corrected chi connectivity index (χ3v) is 4.06. The smallest absolute Gasteiger partial charge is 0.237 e. The number of rotatable bonds is 5. The molecule has 3 heteroatoms. The fourth-order valence-corrected chi connectivity index (χ4v) is 2.34. The molecule has 0 bridgehead atoms. The molecule has 0 aromatic carbocycles. The van der Waals surface area contributed by atoms with E-state index in [1.54, 1.807) is 0 Å². The van der Waals surface area contributed by atoms with Gasteiger partial charge in [0.05, 0.1) is 6.04 Å². The van der Waals surface area contributed by atoms with Gasteiger partial charge in [-0.3, -0.25) is 4.79 Å². The Kier molecular flexibility index (Phi) is 4.78. The van der Waals surface area contributed by atoms with Crippen LogP contribution in [0.2, 0.25) is 0 Å². The number of amides is 1. The lowest BCUT2D eigenvalue weighted by atomic mass is 9.88. The summed E-state index contributed by atoms with van der Waals surface area (Å²) in [4.78, 5) is 11.8. The van der Waals surface area contributed by atoms with Crippen LogP contribution in [0, 0.1) is 11.3 Å². The quantitative estimate of drug-likeness (QED) is 0.754. The van der Waals surface area contributed by atoms with Crippen molar-refractivity contribution >= 4 is 5.91 Å². The molecule has 1 amide bonds. The van der Waals surface area contributed by atoms with Crippen molar-refractivity contribution < 1.29 is 4.79 Å². The van der Waals surface area contributed by atoms with E-state index in [0.717, 1.165) is 13.0 Å². The molecule has 0 spiro atoms. The average Bonchev–Trinajstić information content (AvgIpc) is 2.71. The molecule has 16 heavy (non-hydrogen) atoms. The highest BCUT2D eigenvalue weighted by molar-refractivity contribution is 5.81. The second kappa shape index (κ2) is 5.67. The summed E-state index contributed by atoms with van der Waals surface area (Å²) in [5.74, 6) is 0.277. The van der Waals surface area contributed by atoms with E-state index in [-0.39, 0.29) is 17.9 Å². The summed E-state index contributed by atoms with van der Waals surface area (Å²) in [6, 6.07) is -0.352. The van der Waals surface area contributed by atoms with E-state index in [1.807, 2.05) is 6.92 Å². The highest BCUT2D eigenvalue weighted by Crippen LogP contribution is 2.36. The maximum atomic E-state index is 11.8. The Labute approximate surface area is 99.2 Å². The van der Waals surface area contributed by atoms with Crippen LogP contribution in [-0.2, 0) is 4.79 Å². The van der Waals surface area contributed by atoms with Gasteiger partial charge < -0.3 is 11.1 Å². The molecule has 1 aliphatic carbocycles. The van der Waals surface area contributed by atoms with Crippen molar-refractivity contribution in [1.29, 1.82) is 0 Å². The van der Waals surface area contributed by atoms with Gasteiger partial charge in [0.15, 0.2) is 0 Å². The lowest BCUT2D eigenvalue weighted by Gasteiger charge is -2.25. The Morgan fingerprint density at radius 3 is 2.50 bits per heavy atom. The number of nitrogens with two attached hydrogens (primary N) is 1. The van der Waals surface area contributed by atoms with Crippen molar-refractivity contribution in [2.45, 2.75) is 58.9 Å². The molecular formula is C13H26N2O. The van der Waals surface area contributed by atoms with Gasteiger partial charge in [0.25, 0.3) is 0 Å². The summed E-state index contributed by atoms with van der Waals surface area (Å²) >= 11 is 0. The fraction of sp³-hybridized carbons (Fsp3) is 0.923. The number of nitrogens with one attached hydrogen (secondary N) is 1. The molecule has 1 aliphatic rings. The predicted octanol–water partition coefficient (Wildman–Crippen LogP) is 2.06. The average molecular weight is 226 g/mol. The second-order valence-electron chi connectivity index (χ2n) is 5.65. The Balaban J connectivity index is 2.34. The molecule has 3 nitrogen and oxygen atoms in total. The minimum Gasteiger partial charge on any atom is -0.354 e. The molecule has 0 radical (unpaired) electrons. The van der Waals surface area contributed by atoms with Crippen molar-refractivity contribution in [1.82, 2.24) is 5.32 Å². The van der Waals surface area contributed by atoms with Crippen molar-refractivity contribution in [3.63, 3.8) is 0 Å². The fourth-order valence-electron chi connectivity index (χ4n) is 2.34. The maximum absolute atomic E-state index is 11.8. The third kappa shape index (κ3) is 3.48. The lowest BCUT2D eigenvalue weighted by Crippen LogP contribution is -2.47. The summed E-state index contributed by atoms with van der Waals surface area (Å²) in [7, 11) is 0. The van der Waals surface area contributed by atoms with E-state index in [2.05, 4.69) is 19.2 Å². The van der Waals surface area contributed by atoms with Gasteiger partial charge in [-0.05, 0) is 24.2 Å². The third-order valence-electron chi connectivity index (χ3n) is 4.06. The van der Waals surface area contributed by atoms with E-state index < -0.39 is 0 Å². The van der Waals surface area contributed by atoms with Gasteiger partial charge in [-0.2, -0.15) is 0 Å². The summed E-state index contributed by atoms with van der Waals surface area (Å²) < 4.78 is 0. The van der Waals surface area contributed by atoms with Crippen molar-refractivity contribution in [2.24, 2.45) is 17.1 Å². The van der Waals surface area contributed by atoms with E-state index in [9.17, 15) is 4.79 Å². The topological polar surface area (TPSA) is 55.1 Å². The van der Waals surface area contributed by atoms with Crippen LogP contribution in [0.1, 0.15) is 52.9 Å². The van der Waals surface area contributed by atoms with Gasteiger partial charge in [-0.15, -0.1) is 0 Å². The monoisotopic (exact) mass is 226 g/mol. The van der Waals surface area contributed by atoms with Crippen LogP contribution >= 0.6 is 0 Å². The summed E-state index contributed by atoms with van der Waals surface area (Å²) in [6.45, 7) is 7.14. The molecule has 94 valence electrons. The summed E-state index contributed by atoms with van der Waals surface area (Å²) in [5, 5.41) is 3.02. The molecule has 0 aromatic rings. The van der Waals surface area contributed by atoms with Gasteiger partial charge in [0.1, 0.15) is 0 Å². The SMILES string of the molecule is CCC(C)[C@H](N)C(=O)NCC1(C)CCCC1. The molecule has 0 aliphatic heterocycles. The number of hydrogen-bond donors (Lipinski definition) is 2.